The van der Waals surface area contributed by atoms with Gasteiger partial charge in [0.05, 0.1) is 4.88 Å². The van der Waals surface area contributed by atoms with Gasteiger partial charge in [-0.1, -0.05) is 32.9 Å². The second-order valence-electron chi connectivity index (χ2n) is 12.7. The Bertz CT molecular complexity index is 1280. The summed E-state index contributed by atoms with van der Waals surface area (Å²) < 4.78 is 0. The Labute approximate surface area is 241 Å². The topological polar surface area (TPSA) is 99.1 Å². The van der Waals surface area contributed by atoms with Crippen molar-refractivity contribution in [2.24, 2.45) is 16.3 Å². The number of nitrogens with one attached hydrogen (secondary N) is 1. The first-order valence-corrected chi connectivity index (χ1v) is 15.5. The molecule has 2 heterocycles. The molecule has 1 aromatic heterocycles. The van der Waals surface area contributed by atoms with E-state index in [-0.39, 0.29) is 23.7 Å². The van der Waals surface area contributed by atoms with Crippen LogP contribution >= 0.6 is 11.3 Å². The number of nitrogens with zero attached hydrogens (tertiary/aromatic N) is 2. The molecule has 0 atom stereocenters. The molecule has 2 aromatic rings. The minimum absolute atomic E-state index is 0.0341. The number of carboxylic acids is 1. The number of aliphatic carboxylic acids is 1. The summed E-state index contributed by atoms with van der Waals surface area (Å²) in [6, 6.07) is 11.8. The van der Waals surface area contributed by atoms with Crippen molar-refractivity contribution in [3.8, 4) is 0 Å². The van der Waals surface area contributed by atoms with Crippen molar-refractivity contribution < 1.29 is 19.5 Å². The molecular formula is C32H41N3O4S. The minimum Gasteiger partial charge on any atom is -0.481 e. The van der Waals surface area contributed by atoms with Crippen molar-refractivity contribution in [1.29, 1.82) is 0 Å². The highest BCUT2D eigenvalue weighted by Gasteiger charge is 2.50. The second-order valence-corrected chi connectivity index (χ2v) is 13.8. The Morgan fingerprint density at radius 3 is 2.40 bits per heavy atom. The third-order valence-electron chi connectivity index (χ3n) is 8.81. The zero-order valence-corrected chi connectivity index (χ0v) is 24.7. The molecule has 2 N–H and O–H groups in total. The summed E-state index contributed by atoms with van der Waals surface area (Å²) in [5, 5.41) is 11.5. The molecule has 7 nitrogen and oxygen atoms in total. The van der Waals surface area contributed by atoms with Crippen LogP contribution in [0.1, 0.15) is 104 Å². The molecule has 0 radical (unpaired) electrons. The number of thiophene rings is 1. The molecule has 3 aliphatic rings. The van der Waals surface area contributed by atoms with Crippen LogP contribution in [0.2, 0.25) is 0 Å². The highest BCUT2D eigenvalue weighted by Crippen LogP contribution is 2.48. The lowest BCUT2D eigenvalue weighted by molar-refractivity contribution is -0.137. The number of carboxylic acid groups (broad SMARTS) is 1. The van der Waals surface area contributed by atoms with Gasteiger partial charge in [-0.15, -0.1) is 11.3 Å². The van der Waals surface area contributed by atoms with Gasteiger partial charge < -0.3 is 15.3 Å². The number of hydrogen-bond donors (Lipinski definition) is 2. The molecule has 1 aliphatic heterocycles. The number of aliphatic imine (C=N–C) groups is 1. The number of carbonyl (C=O) groups excluding carboxylic acids is 2. The molecular weight excluding hydrogens is 522 g/mol. The van der Waals surface area contributed by atoms with Crippen LogP contribution < -0.4 is 5.32 Å². The van der Waals surface area contributed by atoms with E-state index in [9.17, 15) is 14.4 Å². The molecule has 0 bridgehead atoms. The molecule has 1 aromatic carbocycles. The third kappa shape index (κ3) is 6.32. The number of carbonyl (C=O) groups is 3. The van der Waals surface area contributed by atoms with Gasteiger partial charge in [0, 0.05) is 30.0 Å². The maximum atomic E-state index is 13.9. The van der Waals surface area contributed by atoms with Gasteiger partial charge in [0.15, 0.2) is 0 Å². The predicted octanol–water partition coefficient (Wildman–Crippen LogP) is 6.03. The molecule has 1 spiro atoms. The molecule has 0 saturated heterocycles. The fraction of sp³-hybridized carbons (Fsp3) is 0.562. The normalized spacial score (nSPS) is 23.0. The Hall–Kier alpha value is -3.00. The van der Waals surface area contributed by atoms with Crippen LogP contribution in [-0.2, 0) is 16.0 Å². The molecule has 0 unspecified atom stereocenters. The summed E-state index contributed by atoms with van der Waals surface area (Å²) >= 11 is 1.74. The van der Waals surface area contributed by atoms with Crippen LogP contribution in [0, 0.1) is 11.3 Å². The lowest BCUT2D eigenvalue weighted by Crippen LogP contribution is -2.50. The molecule has 214 valence electrons. The van der Waals surface area contributed by atoms with E-state index in [0.29, 0.717) is 49.0 Å². The van der Waals surface area contributed by atoms with E-state index >= 15 is 0 Å². The fourth-order valence-electron chi connectivity index (χ4n) is 6.11. The highest BCUT2D eigenvalue weighted by atomic mass is 32.1. The number of amides is 2. The van der Waals surface area contributed by atoms with Crippen molar-refractivity contribution in [2.75, 3.05) is 13.1 Å². The summed E-state index contributed by atoms with van der Waals surface area (Å²) in [7, 11) is 0. The van der Waals surface area contributed by atoms with E-state index in [1.807, 2.05) is 17.0 Å². The smallest absolute Gasteiger partial charge is 0.303 e. The average Bonchev–Trinajstić information content (AvgIpc) is 3.59. The van der Waals surface area contributed by atoms with Crippen molar-refractivity contribution in [3.63, 3.8) is 0 Å². The number of benzene rings is 1. The third-order valence-corrected chi connectivity index (χ3v) is 10.1. The van der Waals surface area contributed by atoms with Crippen molar-refractivity contribution in [3.05, 3.63) is 57.3 Å². The Balaban J connectivity index is 1.27. The van der Waals surface area contributed by atoms with Crippen LogP contribution in [-0.4, -0.2) is 52.3 Å². The van der Waals surface area contributed by atoms with Gasteiger partial charge in [-0.2, -0.15) is 0 Å². The maximum Gasteiger partial charge on any atom is 0.303 e. The summed E-state index contributed by atoms with van der Waals surface area (Å²) in [4.78, 5) is 46.6. The van der Waals surface area contributed by atoms with Crippen LogP contribution in [0.25, 0.3) is 0 Å². The molecule has 8 heteroatoms. The van der Waals surface area contributed by atoms with Gasteiger partial charge in [0.25, 0.3) is 11.8 Å². The number of rotatable bonds is 10. The van der Waals surface area contributed by atoms with Crippen LogP contribution in [0.3, 0.4) is 0 Å². The maximum absolute atomic E-state index is 13.9. The largest absolute Gasteiger partial charge is 0.481 e. The number of hydrogen-bond acceptors (Lipinski definition) is 5. The van der Waals surface area contributed by atoms with Crippen LogP contribution in [0.5, 0.6) is 0 Å². The zero-order chi connectivity index (χ0) is 28.5. The summed E-state index contributed by atoms with van der Waals surface area (Å²) in [5.41, 5.74) is 2.03. The van der Waals surface area contributed by atoms with E-state index in [1.54, 1.807) is 23.5 Å². The fourth-order valence-corrected chi connectivity index (χ4v) is 7.26. The minimum atomic E-state index is -0.866. The SMILES string of the molecule is CC(C)(C)C1CCC2(CC1)N=C(c1ccc(C3CC3)s1)C(=O)N2CCc1ccc(C(=O)NCCCC(=O)O)cc1. The van der Waals surface area contributed by atoms with E-state index in [0.717, 1.165) is 36.1 Å². The lowest BCUT2D eigenvalue weighted by atomic mass is 9.69. The molecule has 2 aliphatic carbocycles. The molecule has 2 saturated carbocycles. The first kappa shape index (κ1) is 28.5. The first-order valence-electron chi connectivity index (χ1n) is 14.7. The second kappa shape index (κ2) is 11.5. The standard InChI is InChI=1S/C32H41N3O4S/c1-31(2,3)24-14-17-32(18-15-24)34-28(26-13-12-25(40-26)22-10-11-22)30(39)35(32)20-16-21-6-8-23(9-7-21)29(38)33-19-4-5-27(36)37/h6-9,12-13,22,24H,4-5,10-11,14-20H2,1-3H3,(H,33,38)(H,36,37). The van der Waals surface area contributed by atoms with E-state index in [4.69, 9.17) is 10.1 Å². The monoisotopic (exact) mass is 563 g/mol. The van der Waals surface area contributed by atoms with Crippen molar-refractivity contribution in [1.82, 2.24) is 10.2 Å². The summed E-state index contributed by atoms with van der Waals surface area (Å²) in [6.07, 6.45) is 7.54. The van der Waals surface area contributed by atoms with Gasteiger partial charge in [0.2, 0.25) is 0 Å². The average molecular weight is 564 g/mol. The van der Waals surface area contributed by atoms with Crippen molar-refractivity contribution in [2.45, 2.75) is 90.1 Å². The summed E-state index contributed by atoms with van der Waals surface area (Å²) in [6.45, 7) is 7.86. The quantitative estimate of drug-likeness (QED) is 0.345. The van der Waals surface area contributed by atoms with E-state index < -0.39 is 11.6 Å². The van der Waals surface area contributed by atoms with Crippen molar-refractivity contribution >= 4 is 34.8 Å². The van der Waals surface area contributed by atoms with Gasteiger partial charge in [-0.05, 0) is 98.4 Å². The molecule has 2 fully saturated rings. The zero-order valence-electron chi connectivity index (χ0n) is 23.9. The van der Waals surface area contributed by atoms with Gasteiger partial charge in [-0.3, -0.25) is 19.4 Å². The first-order chi connectivity index (χ1) is 19.1. The van der Waals surface area contributed by atoms with Gasteiger partial charge in [-0.25, -0.2) is 0 Å². The lowest BCUT2D eigenvalue weighted by Gasteiger charge is -2.45. The van der Waals surface area contributed by atoms with Crippen LogP contribution in [0.4, 0.5) is 0 Å². The predicted molar refractivity (Wildman–Crippen MR) is 158 cm³/mol. The molecule has 5 rings (SSSR count). The molecule has 2 amide bonds. The summed E-state index contributed by atoms with van der Waals surface area (Å²) in [5.74, 6) is 0.268. The Morgan fingerprint density at radius 2 is 1.77 bits per heavy atom. The van der Waals surface area contributed by atoms with Crippen LogP contribution in [0.15, 0.2) is 41.4 Å². The Morgan fingerprint density at radius 1 is 1.07 bits per heavy atom. The molecule has 40 heavy (non-hydrogen) atoms. The highest BCUT2D eigenvalue weighted by molar-refractivity contribution is 7.15. The van der Waals surface area contributed by atoms with E-state index in [2.05, 4.69) is 38.2 Å². The van der Waals surface area contributed by atoms with Gasteiger partial charge in [0.1, 0.15) is 11.4 Å². The Kier molecular flexibility index (Phi) is 8.18. The van der Waals surface area contributed by atoms with Gasteiger partial charge >= 0.3 is 5.97 Å². The van der Waals surface area contributed by atoms with E-state index in [1.165, 1.54) is 17.7 Å².